The summed E-state index contributed by atoms with van der Waals surface area (Å²) >= 11 is 0. The van der Waals surface area contributed by atoms with Crippen molar-refractivity contribution in [3.8, 4) is 0 Å². The van der Waals surface area contributed by atoms with Crippen molar-refractivity contribution < 1.29 is 9.21 Å². The predicted molar refractivity (Wildman–Crippen MR) is 95.4 cm³/mol. The second kappa shape index (κ2) is 6.74. The van der Waals surface area contributed by atoms with Crippen molar-refractivity contribution >= 4 is 16.8 Å². The Balaban J connectivity index is 1.51. The molecule has 1 unspecified atom stereocenters. The Hall–Kier alpha value is -2.96. The van der Waals surface area contributed by atoms with Crippen molar-refractivity contribution in [2.45, 2.75) is 44.8 Å². The fourth-order valence-electron chi connectivity index (χ4n) is 3.26. The number of fused-ring (bicyclic) bond motifs is 1. The van der Waals surface area contributed by atoms with Crippen LogP contribution >= 0.6 is 0 Å². The van der Waals surface area contributed by atoms with E-state index in [0.29, 0.717) is 10.9 Å². The molecular formula is C19H20N4O3. The van der Waals surface area contributed by atoms with Crippen LogP contribution in [0.1, 0.15) is 38.0 Å². The third-order valence-corrected chi connectivity index (χ3v) is 4.77. The van der Waals surface area contributed by atoms with Crippen LogP contribution in [0.3, 0.4) is 0 Å². The van der Waals surface area contributed by atoms with E-state index in [1.54, 1.807) is 24.5 Å². The van der Waals surface area contributed by atoms with Gasteiger partial charge in [-0.3, -0.25) is 9.59 Å². The topological polar surface area (TPSA) is 81.2 Å². The van der Waals surface area contributed by atoms with Gasteiger partial charge in [0.15, 0.2) is 0 Å². The molecule has 0 aliphatic heterocycles. The molecule has 0 spiro atoms. The van der Waals surface area contributed by atoms with Crippen LogP contribution < -0.4 is 5.56 Å². The van der Waals surface area contributed by atoms with Gasteiger partial charge in [0.25, 0.3) is 5.56 Å². The van der Waals surface area contributed by atoms with Crippen molar-refractivity contribution in [2.24, 2.45) is 0 Å². The quantitative estimate of drug-likeness (QED) is 0.681. The number of nitrogens with zero attached hydrogens (tertiary/aromatic N) is 4. The van der Waals surface area contributed by atoms with E-state index in [0.717, 1.165) is 18.6 Å². The number of furan rings is 1. The number of carbonyl (C=O) groups is 1. The molecule has 4 rings (SSSR count). The summed E-state index contributed by atoms with van der Waals surface area (Å²) in [4.78, 5) is 27.2. The lowest BCUT2D eigenvalue weighted by Crippen LogP contribution is -2.37. The van der Waals surface area contributed by atoms with Gasteiger partial charge in [-0.25, -0.2) is 4.68 Å². The first-order chi connectivity index (χ1) is 12.6. The first-order valence-corrected chi connectivity index (χ1v) is 8.82. The van der Waals surface area contributed by atoms with Crippen molar-refractivity contribution in [3.05, 3.63) is 58.8 Å². The molecular weight excluding hydrogens is 332 g/mol. The van der Waals surface area contributed by atoms with E-state index in [9.17, 15) is 9.59 Å². The van der Waals surface area contributed by atoms with Gasteiger partial charge in [-0.05, 0) is 44.0 Å². The van der Waals surface area contributed by atoms with Crippen molar-refractivity contribution in [1.29, 1.82) is 0 Å². The van der Waals surface area contributed by atoms with Crippen LogP contribution in [0.5, 0.6) is 0 Å². The summed E-state index contributed by atoms with van der Waals surface area (Å²) in [6.07, 6.45) is 3.83. The Kier molecular flexibility index (Phi) is 4.28. The van der Waals surface area contributed by atoms with Crippen molar-refractivity contribution in [2.75, 3.05) is 0 Å². The van der Waals surface area contributed by atoms with Crippen molar-refractivity contribution in [3.63, 3.8) is 0 Å². The molecule has 26 heavy (non-hydrogen) atoms. The summed E-state index contributed by atoms with van der Waals surface area (Å²) in [6.45, 7) is 2.18. The smallest absolute Gasteiger partial charge is 0.277 e. The van der Waals surface area contributed by atoms with Crippen LogP contribution in [0.4, 0.5) is 0 Å². The molecule has 1 aromatic carbocycles. The fourth-order valence-corrected chi connectivity index (χ4v) is 3.26. The molecule has 0 N–H and O–H groups in total. The molecule has 7 heteroatoms. The van der Waals surface area contributed by atoms with Gasteiger partial charge in [0.05, 0.1) is 24.2 Å². The van der Waals surface area contributed by atoms with Crippen LogP contribution in [0.25, 0.3) is 10.9 Å². The van der Waals surface area contributed by atoms with Gasteiger partial charge in [-0.15, -0.1) is 5.10 Å². The number of benzene rings is 1. The molecule has 0 bridgehead atoms. The Bertz CT molecular complexity index is 976. The average Bonchev–Trinajstić information content (AvgIpc) is 3.32. The summed E-state index contributed by atoms with van der Waals surface area (Å²) in [5.74, 6) is 0.770. The maximum Gasteiger partial charge on any atom is 0.277 e. The average molecular weight is 352 g/mol. The Morgan fingerprint density at radius 3 is 2.85 bits per heavy atom. The molecule has 1 amide bonds. The number of amides is 1. The lowest BCUT2D eigenvalue weighted by molar-refractivity contribution is -0.134. The van der Waals surface area contributed by atoms with E-state index in [1.807, 2.05) is 30.0 Å². The van der Waals surface area contributed by atoms with Crippen LogP contribution in [0, 0.1) is 0 Å². The lowest BCUT2D eigenvalue weighted by atomic mass is 10.2. The number of rotatable bonds is 6. The maximum absolute atomic E-state index is 12.8. The molecule has 1 aliphatic rings. The van der Waals surface area contributed by atoms with Gasteiger partial charge in [-0.1, -0.05) is 17.3 Å². The standard InChI is InChI=1S/C19H20N4O3/c1-13(17-7-4-12-26-17)23(14-8-9-14)18(24)10-11-22-19(25)15-5-2-3-6-16(15)20-21-22/h2-7,12-14H,8-11H2,1H3. The van der Waals surface area contributed by atoms with Crippen LogP contribution in [0.15, 0.2) is 51.9 Å². The van der Waals surface area contributed by atoms with E-state index in [-0.39, 0.29) is 36.5 Å². The van der Waals surface area contributed by atoms with E-state index >= 15 is 0 Å². The number of hydrogen-bond acceptors (Lipinski definition) is 5. The zero-order valence-corrected chi connectivity index (χ0v) is 14.5. The number of carbonyl (C=O) groups excluding carboxylic acids is 1. The van der Waals surface area contributed by atoms with E-state index in [1.165, 1.54) is 4.68 Å². The van der Waals surface area contributed by atoms with Crippen molar-refractivity contribution in [1.82, 2.24) is 19.9 Å². The molecule has 1 aliphatic carbocycles. The Morgan fingerprint density at radius 1 is 1.31 bits per heavy atom. The monoisotopic (exact) mass is 352 g/mol. The normalized spacial score (nSPS) is 15.1. The summed E-state index contributed by atoms with van der Waals surface area (Å²) in [5.41, 5.74) is 0.339. The predicted octanol–water partition coefficient (Wildman–Crippen LogP) is 2.53. The van der Waals surface area contributed by atoms with Gasteiger partial charge in [0.2, 0.25) is 5.91 Å². The zero-order chi connectivity index (χ0) is 18.1. The lowest BCUT2D eigenvalue weighted by Gasteiger charge is -2.28. The second-order valence-electron chi connectivity index (χ2n) is 6.61. The van der Waals surface area contributed by atoms with E-state index in [2.05, 4.69) is 10.3 Å². The summed E-state index contributed by atoms with van der Waals surface area (Å²) < 4.78 is 6.73. The van der Waals surface area contributed by atoms with Gasteiger partial charge in [0.1, 0.15) is 11.3 Å². The molecule has 2 aromatic heterocycles. The molecule has 1 fully saturated rings. The third kappa shape index (κ3) is 3.12. The molecule has 2 heterocycles. The minimum Gasteiger partial charge on any atom is -0.467 e. The minimum absolute atomic E-state index is 0.00161. The maximum atomic E-state index is 12.8. The Morgan fingerprint density at radius 2 is 2.12 bits per heavy atom. The third-order valence-electron chi connectivity index (χ3n) is 4.77. The molecule has 1 atom stereocenters. The van der Waals surface area contributed by atoms with E-state index in [4.69, 9.17) is 4.42 Å². The number of aryl methyl sites for hydroxylation is 1. The molecule has 3 aromatic rings. The highest BCUT2D eigenvalue weighted by Gasteiger charge is 2.36. The van der Waals surface area contributed by atoms with Gasteiger partial charge >= 0.3 is 0 Å². The van der Waals surface area contributed by atoms with E-state index < -0.39 is 0 Å². The zero-order valence-electron chi connectivity index (χ0n) is 14.5. The summed E-state index contributed by atoms with van der Waals surface area (Å²) in [6, 6.07) is 10.9. The SMILES string of the molecule is CC(c1ccco1)N(C(=O)CCn1nnc2ccccc2c1=O)C1CC1. The van der Waals surface area contributed by atoms with Crippen LogP contribution in [0.2, 0.25) is 0 Å². The van der Waals surface area contributed by atoms with Gasteiger partial charge in [0, 0.05) is 12.5 Å². The first kappa shape index (κ1) is 16.5. The highest BCUT2D eigenvalue weighted by molar-refractivity contribution is 5.78. The second-order valence-corrected chi connectivity index (χ2v) is 6.61. The van der Waals surface area contributed by atoms with Gasteiger partial charge in [-0.2, -0.15) is 0 Å². The van der Waals surface area contributed by atoms with Crippen LogP contribution in [-0.4, -0.2) is 31.8 Å². The molecule has 1 saturated carbocycles. The molecule has 134 valence electrons. The summed E-state index contributed by atoms with van der Waals surface area (Å²) in [7, 11) is 0. The highest BCUT2D eigenvalue weighted by atomic mass is 16.3. The van der Waals surface area contributed by atoms with Crippen LogP contribution in [-0.2, 0) is 11.3 Å². The first-order valence-electron chi connectivity index (χ1n) is 8.82. The Labute approximate surface area is 150 Å². The minimum atomic E-state index is -0.222. The molecule has 0 radical (unpaired) electrons. The number of hydrogen-bond donors (Lipinski definition) is 0. The highest BCUT2D eigenvalue weighted by Crippen LogP contribution is 2.35. The summed E-state index contributed by atoms with van der Waals surface area (Å²) in [5, 5.41) is 8.53. The number of aromatic nitrogens is 3. The molecule has 0 saturated heterocycles. The van der Waals surface area contributed by atoms with Gasteiger partial charge < -0.3 is 9.32 Å². The fraction of sp³-hybridized carbons (Fsp3) is 0.368. The molecule has 7 nitrogen and oxygen atoms in total. The largest absolute Gasteiger partial charge is 0.467 e.